The van der Waals surface area contributed by atoms with Crippen LogP contribution in [0, 0.1) is 6.92 Å². The van der Waals surface area contributed by atoms with Gasteiger partial charge in [0.05, 0.1) is 5.56 Å². The molecule has 4 rings (SSSR count). The molecule has 1 saturated carbocycles. The van der Waals surface area contributed by atoms with Crippen molar-refractivity contribution in [3.8, 4) is 0 Å². The summed E-state index contributed by atoms with van der Waals surface area (Å²) in [6, 6.07) is 6.07. The van der Waals surface area contributed by atoms with Gasteiger partial charge in [0, 0.05) is 11.2 Å². The first-order valence-electron chi connectivity index (χ1n) is 8.97. The summed E-state index contributed by atoms with van der Waals surface area (Å²) in [5.41, 5.74) is 2.91. The molecule has 3 aliphatic rings. The largest absolute Gasteiger partial charge is 0.362 e. The topological polar surface area (TPSA) is 44.4 Å². The van der Waals surface area contributed by atoms with E-state index in [9.17, 15) is 4.79 Å². The van der Waals surface area contributed by atoms with Crippen molar-refractivity contribution in [2.45, 2.75) is 63.6 Å². The predicted octanol–water partition coefficient (Wildman–Crippen LogP) is 3.28. The minimum absolute atomic E-state index is 0.0848. The van der Waals surface area contributed by atoms with Crippen molar-refractivity contribution in [2.75, 3.05) is 18.4 Å². The third kappa shape index (κ3) is 2.44. The lowest BCUT2D eigenvalue weighted by atomic mass is 9.75. The van der Waals surface area contributed by atoms with Crippen LogP contribution in [0.4, 0.5) is 5.69 Å². The molecule has 2 N–H and O–H groups in total. The molecule has 1 aromatic rings. The Bertz CT molecular complexity index is 626. The molecule has 0 unspecified atom stereocenters. The number of nitrogens with one attached hydrogen (secondary N) is 2. The van der Waals surface area contributed by atoms with E-state index in [0.717, 1.165) is 42.5 Å². The van der Waals surface area contributed by atoms with E-state index in [1.165, 1.54) is 25.9 Å². The summed E-state index contributed by atoms with van der Waals surface area (Å²) < 4.78 is 0. The Morgan fingerprint density at radius 2 is 1.74 bits per heavy atom. The van der Waals surface area contributed by atoms with Gasteiger partial charge in [-0.25, -0.2) is 0 Å². The molecule has 23 heavy (non-hydrogen) atoms. The van der Waals surface area contributed by atoms with Crippen molar-refractivity contribution in [1.82, 2.24) is 10.2 Å². The summed E-state index contributed by atoms with van der Waals surface area (Å²) >= 11 is 0. The van der Waals surface area contributed by atoms with Crippen LogP contribution in [0.5, 0.6) is 0 Å². The minimum atomic E-state index is -0.253. The lowest BCUT2D eigenvalue weighted by molar-refractivity contribution is 0.0534. The number of likely N-dealkylation sites (tertiary alicyclic amines) is 1. The minimum Gasteiger partial charge on any atom is -0.362 e. The average Bonchev–Trinajstić information content (AvgIpc) is 3.06. The summed E-state index contributed by atoms with van der Waals surface area (Å²) in [6.07, 6.45) is 6.95. The molecule has 124 valence electrons. The monoisotopic (exact) mass is 313 g/mol. The molecule has 1 spiro atoms. The highest BCUT2D eigenvalue weighted by atomic mass is 16.2. The zero-order valence-electron chi connectivity index (χ0n) is 14.2. The van der Waals surface area contributed by atoms with Gasteiger partial charge in [0.1, 0.15) is 5.66 Å². The van der Waals surface area contributed by atoms with Gasteiger partial charge >= 0.3 is 0 Å². The lowest BCUT2D eigenvalue weighted by Gasteiger charge is -2.51. The smallest absolute Gasteiger partial charge is 0.255 e. The fraction of sp³-hybridized carbons (Fsp3) is 0.632. The molecule has 2 heterocycles. The Balaban J connectivity index is 1.54. The van der Waals surface area contributed by atoms with Crippen LogP contribution >= 0.6 is 0 Å². The van der Waals surface area contributed by atoms with Crippen molar-refractivity contribution < 1.29 is 4.79 Å². The molecule has 2 fully saturated rings. The highest BCUT2D eigenvalue weighted by Crippen LogP contribution is 2.42. The molecule has 1 saturated heterocycles. The highest BCUT2D eigenvalue weighted by Gasteiger charge is 2.46. The molecule has 0 atom stereocenters. The van der Waals surface area contributed by atoms with Crippen LogP contribution in [0.2, 0.25) is 0 Å². The van der Waals surface area contributed by atoms with Crippen molar-refractivity contribution in [3.05, 3.63) is 29.3 Å². The van der Waals surface area contributed by atoms with Crippen molar-refractivity contribution >= 4 is 11.6 Å². The van der Waals surface area contributed by atoms with Gasteiger partial charge in [0.2, 0.25) is 0 Å². The van der Waals surface area contributed by atoms with Gasteiger partial charge in [-0.3, -0.25) is 9.69 Å². The first kappa shape index (κ1) is 15.0. The second kappa shape index (κ2) is 5.23. The van der Waals surface area contributed by atoms with Crippen LogP contribution < -0.4 is 10.6 Å². The van der Waals surface area contributed by atoms with Crippen LogP contribution in [0.25, 0.3) is 0 Å². The second-order valence-corrected chi connectivity index (χ2v) is 7.85. The summed E-state index contributed by atoms with van der Waals surface area (Å²) in [4.78, 5) is 15.3. The Hall–Kier alpha value is -1.55. The fourth-order valence-electron chi connectivity index (χ4n) is 4.68. The van der Waals surface area contributed by atoms with Gasteiger partial charge in [-0.15, -0.1) is 0 Å². The first-order valence-corrected chi connectivity index (χ1v) is 8.97. The third-order valence-corrected chi connectivity index (χ3v) is 6.28. The molecule has 1 aromatic carbocycles. The number of carbonyl (C=O) groups is 1. The fourth-order valence-corrected chi connectivity index (χ4v) is 4.68. The van der Waals surface area contributed by atoms with E-state index in [1.807, 2.05) is 25.1 Å². The van der Waals surface area contributed by atoms with Crippen molar-refractivity contribution in [1.29, 1.82) is 0 Å². The Labute approximate surface area is 138 Å². The van der Waals surface area contributed by atoms with E-state index in [1.54, 1.807) is 0 Å². The maximum absolute atomic E-state index is 12.6. The van der Waals surface area contributed by atoms with Crippen LogP contribution in [-0.2, 0) is 0 Å². The quantitative estimate of drug-likeness (QED) is 0.836. The standard InChI is InChI=1S/C19H27N3O/c1-14-6-5-7-15-16(14)17(23)21-19(20-15)10-8-18(2,9-11-19)22-12-3-4-13-22/h5-7,20H,3-4,8-13H2,1-2H3,(H,21,23). The summed E-state index contributed by atoms with van der Waals surface area (Å²) in [6.45, 7) is 6.90. The molecule has 0 bridgehead atoms. The van der Waals surface area contributed by atoms with Gasteiger partial charge in [-0.1, -0.05) is 12.1 Å². The maximum Gasteiger partial charge on any atom is 0.255 e. The zero-order valence-corrected chi connectivity index (χ0v) is 14.2. The highest BCUT2D eigenvalue weighted by molar-refractivity contribution is 6.03. The van der Waals surface area contributed by atoms with E-state index in [0.29, 0.717) is 5.54 Å². The number of fused-ring (bicyclic) bond motifs is 1. The molecule has 4 heteroatoms. The van der Waals surface area contributed by atoms with Crippen LogP contribution in [0.15, 0.2) is 18.2 Å². The summed E-state index contributed by atoms with van der Waals surface area (Å²) in [5, 5.41) is 6.95. The molecular formula is C19H27N3O. The van der Waals surface area contributed by atoms with Crippen molar-refractivity contribution in [3.63, 3.8) is 0 Å². The molecule has 4 nitrogen and oxygen atoms in total. The molecule has 1 aliphatic carbocycles. The van der Waals surface area contributed by atoms with Crippen LogP contribution in [0.1, 0.15) is 61.4 Å². The van der Waals surface area contributed by atoms with E-state index < -0.39 is 0 Å². The Kier molecular flexibility index (Phi) is 3.41. The molecule has 0 aromatic heterocycles. The number of nitrogens with zero attached hydrogens (tertiary/aromatic N) is 1. The van der Waals surface area contributed by atoms with E-state index in [4.69, 9.17) is 0 Å². The van der Waals surface area contributed by atoms with Gasteiger partial charge in [-0.2, -0.15) is 0 Å². The number of anilines is 1. The van der Waals surface area contributed by atoms with Gasteiger partial charge < -0.3 is 10.6 Å². The van der Waals surface area contributed by atoms with E-state index >= 15 is 0 Å². The van der Waals surface area contributed by atoms with Gasteiger partial charge in [0.25, 0.3) is 5.91 Å². The number of hydrogen-bond donors (Lipinski definition) is 2. The predicted molar refractivity (Wildman–Crippen MR) is 92.7 cm³/mol. The molecular weight excluding hydrogens is 286 g/mol. The summed E-state index contributed by atoms with van der Waals surface area (Å²) in [7, 11) is 0. The SMILES string of the molecule is Cc1cccc2c1C(=O)NC1(CCC(C)(N3CCCC3)CC1)N2. The Morgan fingerprint density at radius 1 is 1.04 bits per heavy atom. The average molecular weight is 313 g/mol. The number of hydrogen-bond acceptors (Lipinski definition) is 3. The lowest BCUT2D eigenvalue weighted by Crippen LogP contribution is -2.62. The molecule has 2 aliphatic heterocycles. The van der Waals surface area contributed by atoms with Crippen molar-refractivity contribution in [2.24, 2.45) is 0 Å². The molecule has 1 amide bonds. The number of carbonyl (C=O) groups excluding carboxylic acids is 1. The normalized spacial score (nSPS) is 34.1. The van der Waals surface area contributed by atoms with E-state index in [2.05, 4.69) is 22.5 Å². The third-order valence-electron chi connectivity index (χ3n) is 6.28. The Morgan fingerprint density at radius 3 is 2.43 bits per heavy atom. The zero-order chi connectivity index (χ0) is 16.1. The van der Waals surface area contributed by atoms with Gasteiger partial charge in [0.15, 0.2) is 0 Å². The van der Waals surface area contributed by atoms with E-state index in [-0.39, 0.29) is 11.6 Å². The number of benzene rings is 1. The van der Waals surface area contributed by atoms with Crippen LogP contribution in [0.3, 0.4) is 0 Å². The molecule has 0 radical (unpaired) electrons. The maximum atomic E-state index is 12.6. The number of rotatable bonds is 1. The number of aryl methyl sites for hydroxylation is 1. The summed E-state index contributed by atoms with van der Waals surface area (Å²) in [5.74, 6) is 0.0848. The second-order valence-electron chi connectivity index (χ2n) is 7.85. The number of amides is 1. The van der Waals surface area contributed by atoms with Gasteiger partial charge in [-0.05, 0) is 77.1 Å². The first-order chi connectivity index (χ1) is 11.0. The van der Waals surface area contributed by atoms with Crippen LogP contribution in [-0.4, -0.2) is 35.1 Å².